The normalized spacial score (nSPS) is 10.3. The lowest BCUT2D eigenvalue weighted by molar-refractivity contribution is 0.455. The summed E-state index contributed by atoms with van der Waals surface area (Å²) in [6.07, 6.45) is 0. The van der Waals surface area contributed by atoms with Gasteiger partial charge in [-0.1, -0.05) is 0 Å². The second kappa shape index (κ2) is 5.97. The Balaban J connectivity index is 2.24. The fourth-order valence-corrected chi connectivity index (χ4v) is 1.77. The summed E-state index contributed by atoms with van der Waals surface area (Å²) < 4.78 is 19.3. The van der Waals surface area contributed by atoms with Crippen molar-refractivity contribution < 1.29 is 9.13 Å². The Kier molecular flexibility index (Phi) is 4.31. The minimum atomic E-state index is -0.379. The van der Waals surface area contributed by atoms with E-state index in [1.165, 1.54) is 6.07 Å². The van der Waals surface area contributed by atoms with E-state index in [0.717, 1.165) is 6.54 Å². The van der Waals surface area contributed by atoms with Gasteiger partial charge in [0.05, 0.1) is 4.47 Å². The van der Waals surface area contributed by atoms with Gasteiger partial charge in [0.2, 0.25) is 5.88 Å². The van der Waals surface area contributed by atoms with Crippen molar-refractivity contribution in [3.05, 3.63) is 40.4 Å². The maximum atomic E-state index is 13.4. The van der Waals surface area contributed by atoms with Crippen LogP contribution in [0.2, 0.25) is 0 Å². The van der Waals surface area contributed by atoms with E-state index in [-0.39, 0.29) is 5.82 Å². The fraction of sp³-hybridized carbons (Fsp3) is 0.231. The number of nitrogens with one attached hydrogen (secondary N) is 1. The zero-order valence-corrected chi connectivity index (χ0v) is 12.2. The van der Waals surface area contributed by atoms with Crippen LogP contribution in [0.15, 0.2) is 28.7 Å². The first-order valence-electron chi connectivity index (χ1n) is 5.81. The number of nitrogens with zero attached hydrogens (tertiary/aromatic N) is 2. The molecule has 0 amide bonds. The van der Waals surface area contributed by atoms with Gasteiger partial charge < -0.3 is 10.1 Å². The molecule has 1 N–H and O–H groups in total. The Labute approximate surface area is 119 Å². The molecular weight excluding hydrogens is 313 g/mol. The van der Waals surface area contributed by atoms with Gasteiger partial charge >= 0.3 is 0 Å². The first-order chi connectivity index (χ1) is 9.08. The first-order valence-corrected chi connectivity index (χ1v) is 6.60. The summed E-state index contributed by atoms with van der Waals surface area (Å²) in [5.74, 6) is 1.66. The van der Waals surface area contributed by atoms with Gasteiger partial charge in [-0.05, 0) is 41.9 Å². The molecule has 0 radical (unpaired) electrons. The van der Waals surface area contributed by atoms with Gasteiger partial charge in [0.1, 0.15) is 23.2 Å². The van der Waals surface area contributed by atoms with Crippen molar-refractivity contribution in [1.82, 2.24) is 9.97 Å². The molecule has 0 aliphatic rings. The number of benzene rings is 1. The predicted octanol–water partition coefficient (Wildman–Crippen LogP) is 3.91. The molecule has 1 aromatic carbocycles. The van der Waals surface area contributed by atoms with Crippen LogP contribution in [0.3, 0.4) is 0 Å². The predicted molar refractivity (Wildman–Crippen MR) is 75.1 cm³/mol. The minimum Gasteiger partial charge on any atom is -0.439 e. The summed E-state index contributed by atoms with van der Waals surface area (Å²) in [6.45, 7) is 4.50. The van der Waals surface area contributed by atoms with Crippen molar-refractivity contribution in [1.29, 1.82) is 0 Å². The van der Waals surface area contributed by atoms with Gasteiger partial charge in [0.15, 0.2) is 0 Å². The third kappa shape index (κ3) is 3.64. The van der Waals surface area contributed by atoms with E-state index in [4.69, 9.17) is 4.74 Å². The van der Waals surface area contributed by atoms with Gasteiger partial charge in [-0.2, -0.15) is 4.98 Å². The van der Waals surface area contributed by atoms with E-state index in [1.807, 2.05) is 6.92 Å². The van der Waals surface area contributed by atoms with Gasteiger partial charge in [0, 0.05) is 18.7 Å². The molecule has 2 rings (SSSR count). The average molecular weight is 326 g/mol. The van der Waals surface area contributed by atoms with Crippen molar-refractivity contribution in [2.24, 2.45) is 0 Å². The zero-order chi connectivity index (χ0) is 13.8. The number of aromatic nitrogens is 2. The molecule has 6 heteroatoms. The highest BCUT2D eigenvalue weighted by Crippen LogP contribution is 2.25. The smallest absolute Gasteiger partial charge is 0.224 e. The largest absolute Gasteiger partial charge is 0.439 e. The van der Waals surface area contributed by atoms with E-state index >= 15 is 0 Å². The minimum absolute atomic E-state index is 0.379. The molecule has 0 spiro atoms. The summed E-state index contributed by atoms with van der Waals surface area (Å²) in [4.78, 5) is 8.37. The highest BCUT2D eigenvalue weighted by molar-refractivity contribution is 9.10. The molecule has 19 heavy (non-hydrogen) atoms. The van der Waals surface area contributed by atoms with Crippen LogP contribution < -0.4 is 10.1 Å². The maximum Gasteiger partial charge on any atom is 0.224 e. The van der Waals surface area contributed by atoms with Crippen molar-refractivity contribution in [2.75, 3.05) is 11.9 Å². The summed E-state index contributed by atoms with van der Waals surface area (Å²) in [5, 5.41) is 3.08. The third-order valence-electron chi connectivity index (χ3n) is 2.29. The lowest BCUT2D eigenvalue weighted by Gasteiger charge is -2.08. The molecule has 0 saturated carbocycles. The van der Waals surface area contributed by atoms with Crippen molar-refractivity contribution in [3.63, 3.8) is 0 Å². The Morgan fingerprint density at radius 1 is 1.32 bits per heavy atom. The fourth-order valence-electron chi connectivity index (χ4n) is 1.53. The summed E-state index contributed by atoms with van der Waals surface area (Å²) in [6, 6.07) is 6.23. The second-order valence-corrected chi connectivity index (χ2v) is 4.70. The van der Waals surface area contributed by atoms with Crippen LogP contribution in [-0.2, 0) is 0 Å². The standard InChI is InChI=1S/C13H13BrFN3O/c1-3-16-12-7-13(18-8(2)17-12)19-9-4-5-10(14)11(15)6-9/h4-7H,3H2,1-2H3,(H,16,17,18). The summed E-state index contributed by atoms with van der Waals surface area (Å²) >= 11 is 3.09. The SMILES string of the molecule is CCNc1cc(Oc2ccc(Br)c(F)c2)nc(C)n1. The Hall–Kier alpha value is -1.69. The third-order valence-corrected chi connectivity index (χ3v) is 2.93. The maximum absolute atomic E-state index is 13.4. The lowest BCUT2D eigenvalue weighted by atomic mass is 10.3. The zero-order valence-electron chi connectivity index (χ0n) is 10.6. The van der Waals surface area contributed by atoms with E-state index in [9.17, 15) is 4.39 Å². The highest BCUT2D eigenvalue weighted by atomic mass is 79.9. The van der Waals surface area contributed by atoms with Crippen LogP contribution in [0, 0.1) is 12.7 Å². The van der Waals surface area contributed by atoms with Gasteiger partial charge in [-0.3, -0.25) is 0 Å². The van der Waals surface area contributed by atoms with Crippen molar-refractivity contribution in [2.45, 2.75) is 13.8 Å². The second-order valence-electron chi connectivity index (χ2n) is 3.85. The Bertz CT molecular complexity index is 592. The molecule has 0 bridgehead atoms. The number of rotatable bonds is 4. The van der Waals surface area contributed by atoms with Crippen LogP contribution in [-0.4, -0.2) is 16.5 Å². The van der Waals surface area contributed by atoms with Crippen molar-refractivity contribution in [3.8, 4) is 11.6 Å². The first kappa shape index (κ1) is 13.7. The lowest BCUT2D eigenvalue weighted by Crippen LogP contribution is -2.02. The average Bonchev–Trinajstić information content (AvgIpc) is 2.33. The molecule has 100 valence electrons. The van der Waals surface area contributed by atoms with Gasteiger partial charge in [0.25, 0.3) is 0 Å². The quantitative estimate of drug-likeness (QED) is 0.925. The van der Waals surface area contributed by atoms with E-state index in [0.29, 0.717) is 27.7 Å². The molecule has 4 nitrogen and oxygen atoms in total. The molecule has 1 heterocycles. The van der Waals surface area contributed by atoms with E-state index in [2.05, 4.69) is 31.2 Å². The number of hydrogen-bond donors (Lipinski definition) is 1. The topological polar surface area (TPSA) is 47.0 Å². The van der Waals surface area contributed by atoms with Crippen molar-refractivity contribution >= 4 is 21.7 Å². The number of aryl methyl sites for hydroxylation is 1. The monoisotopic (exact) mass is 325 g/mol. The molecule has 0 saturated heterocycles. The van der Waals surface area contributed by atoms with Crippen LogP contribution >= 0.6 is 15.9 Å². The van der Waals surface area contributed by atoms with Crippen LogP contribution in [0.4, 0.5) is 10.2 Å². The molecule has 0 unspecified atom stereocenters. The van der Waals surface area contributed by atoms with E-state index < -0.39 is 0 Å². The Morgan fingerprint density at radius 2 is 2.11 bits per heavy atom. The highest BCUT2D eigenvalue weighted by Gasteiger charge is 2.06. The summed E-state index contributed by atoms with van der Waals surface area (Å²) in [7, 11) is 0. The Morgan fingerprint density at radius 3 is 2.79 bits per heavy atom. The van der Waals surface area contributed by atoms with E-state index in [1.54, 1.807) is 25.1 Å². The number of ether oxygens (including phenoxy) is 1. The number of halogens is 2. The van der Waals surface area contributed by atoms with Crippen LogP contribution in [0.1, 0.15) is 12.7 Å². The number of hydrogen-bond acceptors (Lipinski definition) is 4. The van der Waals surface area contributed by atoms with Gasteiger partial charge in [-0.25, -0.2) is 9.37 Å². The molecule has 0 aliphatic heterocycles. The summed E-state index contributed by atoms with van der Waals surface area (Å²) in [5.41, 5.74) is 0. The van der Waals surface area contributed by atoms with Crippen LogP contribution in [0.25, 0.3) is 0 Å². The van der Waals surface area contributed by atoms with Crippen LogP contribution in [0.5, 0.6) is 11.6 Å². The van der Waals surface area contributed by atoms with Gasteiger partial charge in [-0.15, -0.1) is 0 Å². The molecule has 2 aromatic rings. The molecular formula is C13H13BrFN3O. The molecule has 1 aromatic heterocycles. The molecule has 0 aliphatic carbocycles. The molecule has 0 atom stereocenters. The molecule has 0 fully saturated rings. The number of anilines is 1.